The minimum absolute atomic E-state index is 0.109. The molecule has 0 aliphatic rings. The molecule has 0 fully saturated rings. The number of aromatic nitrogens is 2. The summed E-state index contributed by atoms with van der Waals surface area (Å²) in [5, 5.41) is 6.22. The van der Waals surface area contributed by atoms with E-state index < -0.39 is 43.0 Å². The molecule has 1 aromatic heterocycles. The standard InChI is InChI=1S/C17H15F6N3O3/c1-26-8-11(7-24-26)2-3-15(27)25-12-4-13(28-9-16(18,19)20)6-14(5-12)29-10-17(21,22)23/h2-8H,9-10H2,1H3,(H,25,27)/b3-2-. The Morgan fingerprint density at radius 2 is 1.62 bits per heavy atom. The maximum atomic E-state index is 12.3. The first-order valence-electron chi connectivity index (χ1n) is 7.91. The molecule has 2 aromatic rings. The molecule has 2 rings (SSSR count). The molecule has 1 amide bonds. The molecular formula is C17H15F6N3O3. The van der Waals surface area contributed by atoms with Gasteiger partial charge in [0.2, 0.25) is 5.91 Å². The van der Waals surface area contributed by atoms with Gasteiger partial charge in [-0.15, -0.1) is 0 Å². The number of benzene rings is 1. The lowest BCUT2D eigenvalue weighted by atomic mass is 10.2. The van der Waals surface area contributed by atoms with E-state index in [1.54, 1.807) is 13.2 Å². The first-order valence-corrected chi connectivity index (χ1v) is 7.91. The van der Waals surface area contributed by atoms with E-state index in [9.17, 15) is 31.1 Å². The predicted octanol–water partition coefficient (Wildman–Crippen LogP) is 3.95. The fourth-order valence-corrected chi connectivity index (χ4v) is 2.02. The number of anilines is 1. The third-order valence-electron chi connectivity index (χ3n) is 3.10. The quantitative estimate of drug-likeness (QED) is 0.541. The zero-order valence-corrected chi connectivity index (χ0v) is 14.8. The molecule has 0 aliphatic carbocycles. The van der Waals surface area contributed by atoms with E-state index in [-0.39, 0.29) is 5.69 Å². The van der Waals surface area contributed by atoms with Crippen molar-refractivity contribution in [3.8, 4) is 11.5 Å². The van der Waals surface area contributed by atoms with Gasteiger partial charge in [-0.1, -0.05) is 0 Å². The highest BCUT2D eigenvalue weighted by Gasteiger charge is 2.30. The van der Waals surface area contributed by atoms with Crippen molar-refractivity contribution in [2.75, 3.05) is 18.5 Å². The number of alkyl halides is 6. The Morgan fingerprint density at radius 1 is 1.07 bits per heavy atom. The Bertz CT molecular complexity index is 838. The second kappa shape index (κ2) is 8.88. The van der Waals surface area contributed by atoms with Crippen LogP contribution in [0.1, 0.15) is 5.56 Å². The number of carbonyl (C=O) groups excluding carboxylic acids is 1. The Kier molecular flexibility index (Phi) is 6.77. The van der Waals surface area contributed by atoms with Gasteiger partial charge in [-0.2, -0.15) is 31.4 Å². The molecule has 0 saturated heterocycles. The van der Waals surface area contributed by atoms with Crippen molar-refractivity contribution in [3.05, 3.63) is 42.2 Å². The van der Waals surface area contributed by atoms with Gasteiger partial charge in [-0.3, -0.25) is 9.48 Å². The number of amides is 1. The number of hydrogen-bond acceptors (Lipinski definition) is 4. The topological polar surface area (TPSA) is 65.4 Å². The second-order valence-electron chi connectivity index (χ2n) is 5.77. The summed E-state index contributed by atoms with van der Waals surface area (Å²) in [4.78, 5) is 12.0. The molecule has 0 unspecified atom stereocenters. The van der Waals surface area contributed by atoms with Crippen molar-refractivity contribution in [2.24, 2.45) is 7.05 Å². The molecule has 12 heteroatoms. The summed E-state index contributed by atoms with van der Waals surface area (Å²) in [6.45, 7) is -3.33. The summed E-state index contributed by atoms with van der Waals surface area (Å²) in [6, 6.07) is 2.92. The van der Waals surface area contributed by atoms with E-state index in [0.29, 0.717) is 5.56 Å². The van der Waals surface area contributed by atoms with Gasteiger partial charge in [-0.05, 0) is 6.08 Å². The van der Waals surface area contributed by atoms with Crippen LogP contribution in [-0.2, 0) is 11.8 Å². The van der Waals surface area contributed by atoms with E-state index in [4.69, 9.17) is 0 Å². The van der Waals surface area contributed by atoms with Crippen molar-refractivity contribution < 1.29 is 40.6 Å². The summed E-state index contributed by atoms with van der Waals surface area (Å²) in [5.74, 6) is -1.52. The summed E-state index contributed by atoms with van der Waals surface area (Å²) >= 11 is 0. The number of nitrogens with zero attached hydrogens (tertiary/aromatic N) is 2. The number of carbonyl (C=O) groups is 1. The van der Waals surface area contributed by atoms with Crippen molar-refractivity contribution >= 4 is 17.7 Å². The van der Waals surface area contributed by atoms with Gasteiger partial charge in [0.15, 0.2) is 13.2 Å². The predicted molar refractivity (Wildman–Crippen MR) is 90.4 cm³/mol. The molecule has 0 radical (unpaired) electrons. The molecule has 0 spiro atoms. The molecule has 0 aliphatic heterocycles. The van der Waals surface area contributed by atoms with Crippen molar-refractivity contribution in [2.45, 2.75) is 12.4 Å². The third-order valence-corrected chi connectivity index (χ3v) is 3.10. The molecule has 6 nitrogen and oxygen atoms in total. The van der Waals surface area contributed by atoms with Gasteiger partial charge in [0, 0.05) is 48.8 Å². The van der Waals surface area contributed by atoms with E-state index in [1.807, 2.05) is 0 Å². The Morgan fingerprint density at radius 3 is 2.07 bits per heavy atom. The molecule has 0 saturated carbocycles. The van der Waals surface area contributed by atoms with Gasteiger partial charge in [0.1, 0.15) is 11.5 Å². The van der Waals surface area contributed by atoms with Crippen LogP contribution in [0.2, 0.25) is 0 Å². The molecule has 158 valence electrons. The van der Waals surface area contributed by atoms with Crippen LogP contribution in [0, 0.1) is 0 Å². The lowest BCUT2D eigenvalue weighted by Crippen LogP contribution is -2.20. The first-order chi connectivity index (χ1) is 13.4. The lowest BCUT2D eigenvalue weighted by molar-refractivity contribution is -0.153. The van der Waals surface area contributed by atoms with Gasteiger partial charge in [0.25, 0.3) is 0 Å². The van der Waals surface area contributed by atoms with Crippen LogP contribution in [0.4, 0.5) is 32.0 Å². The molecule has 1 N–H and O–H groups in total. The molecule has 0 atom stereocenters. The van der Waals surface area contributed by atoms with Crippen LogP contribution in [0.15, 0.2) is 36.7 Å². The van der Waals surface area contributed by atoms with Crippen LogP contribution in [0.5, 0.6) is 11.5 Å². The van der Waals surface area contributed by atoms with Crippen LogP contribution in [0.25, 0.3) is 6.08 Å². The normalized spacial score (nSPS) is 12.2. The lowest BCUT2D eigenvalue weighted by Gasteiger charge is -2.14. The highest BCUT2D eigenvalue weighted by molar-refractivity contribution is 6.02. The average Bonchev–Trinajstić information content (AvgIpc) is 3.00. The van der Waals surface area contributed by atoms with Gasteiger partial charge >= 0.3 is 12.4 Å². The fraction of sp³-hybridized carbons (Fsp3) is 0.294. The zero-order chi connectivity index (χ0) is 21.7. The summed E-state index contributed by atoms with van der Waals surface area (Å²) in [5.41, 5.74) is 0.502. The van der Waals surface area contributed by atoms with Crippen LogP contribution in [-0.4, -0.2) is 41.3 Å². The molecule has 1 aromatic carbocycles. The largest absolute Gasteiger partial charge is 0.484 e. The van der Waals surface area contributed by atoms with Crippen LogP contribution in [0.3, 0.4) is 0 Å². The van der Waals surface area contributed by atoms with Crippen LogP contribution < -0.4 is 14.8 Å². The fourth-order valence-electron chi connectivity index (χ4n) is 2.02. The highest BCUT2D eigenvalue weighted by Crippen LogP contribution is 2.29. The molecular weight excluding hydrogens is 408 g/mol. The average molecular weight is 423 g/mol. The number of aryl methyl sites for hydroxylation is 1. The summed E-state index contributed by atoms with van der Waals surface area (Å²) in [7, 11) is 1.67. The number of ether oxygens (including phenoxy) is 2. The monoisotopic (exact) mass is 423 g/mol. The van der Waals surface area contributed by atoms with Crippen molar-refractivity contribution in [1.29, 1.82) is 0 Å². The van der Waals surface area contributed by atoms with Crippen molar-refractivity contribution in [1.82, 2.24) is 9.78 Å². The van der Waals surface area contributed by atoms with E-state index >= 15 is 0 Å². The molecule has 29 heavy (non-hydrogen) atoms. The van der Waals surface area contributed by atoms with E-state index in [1.165, 1.54) is 17.0 Å². The summed E-state index contributed by atoms with van der Waals surface area (Å²) in [6.07, 6.45) is -3.65. The SMILES string of the molecule is Cn1cc(/C=C\C(=O)Nc2cc(OCC(F)(F)F)cc(OCC(F)(F)F)c2)cn1. The second-order valence-corrected chi connectivity index (χ2v) is 5.77. The molecule has 0 bridgehead atoms. The molecule has 1 heterocycles. The highest BCUT2D eigenvalue weighted by atomic mass is 19.4. The Labute approximate surface area is 160 Å². The number of nitrogens with one attached hydrogen (secondary N) is 1. The van der Waals surface area contributed by atoms with Crippen LogP contribution >= 0.6 is 0 Å². The smallest absolute Gasteiger partial charge is 0.422 e. The maximum Gasteiger partial charge on any atom is 0.422 e. The number of halogens is 6. The van der Waals surface area contributed by atoms with E-state index in [0.717, 1.165) is 24.3 Å². The summed E-state index contributed by atoms with van der Waals surface area (Å²) < 4.78 is 84.5. The third kappa shape index (κ3) is 8.58. The number of hydrogen-bond donors (Lipinski definition) is 1. The number of rotatable bonds is 7. The first kappa shape index (κ1) is 22.1. The maximum absolute atomic E-state index is 12.3. The zero-order valence-electron chi connectivity index (χ0n) is 14.8. The minimum atomic E-state index is -4.65. The van der Waals surface area contributed by atoms with Gasteiger partial charge in [-0.25, -0.2) is 0 Å². The van der Waals surface area contributed by atoms with Gasteiger partial charge in [0.05, 0.1) is 6.20 Å². The van der Waals surface area contributed by atoms with Gasteiger partial charge < -0.3 is 14.8 Å². The minimum Gasteiger partial charge on any atom is -0.484 e. The Hall–Kier alpha value is -3.18. The Balaban J connectivity index is 2.14. The van der Waals surface area contributed by atoms with E-state index in [2.05, 4.69) is 19.9 Å². The van der Waals surface area contributed by atoms with Crippen molar-refractivity contribution in [3.63, 3.8) is 0 Å².